The summed E-state index contributed by atoms with van der Waals surface area (Å²) in [4.78, 5) is 54.5. The van der Waals surface area contributed by atoms with Gasteiger partial charge in [0.15, 0.2) is 5.13 Å². The summed E-state index contributed by atoms with van der Waals surface area (Å²) >= 11 is 8.39. The van der Waals surface area contributed by atoms with E-state index in [1.807, 2.05) is 0 Å². The van der Waals surface area contributed by atoms with Gasteiger partial charge in [-0.05, 0) is 23.8 Å². The molecule has 182 valence electrons. The Balaban J connectivity index is 1.57. The average Bonchev–Trinajstić information content (AvgIpc) is 3.25. The number of carbonyl (C=O) groups excluding carboxylic acids is 3. The van der Waals surface area contributed by atoms with Crippen molar-refractivity contribution in [3.63, 3.8) is 0 Å². The number of β-lactam (4-membered cyclic amide) rings is 1. The van der Waals surface area contributed by atoms with E-state index >= 15 is 0 Å². The Kier molecular flexibility index (Phi) is 7.15. The molecule has 0 radical (unpaired) electrons. The number of fused-ring (bicyclic) bond motifs is 1. The van der Waals surface area contributed by atoms with E-state index in [0.29, 0.717) is 21.9 Å². The van der Waals surface area contributed by atoms with Gasteiger partial charge in [-0.2, -0.15) is 0 Å². The van der Waals surface area contributed by atoms with Gasteiger partial charge in [0.1, 0.15) is 23.7 Å². The number of carboxylic acid groups (broad SMARTS) is 1. The van der Waals surface area contributed by atoms with Crippen LogP contribution in [-0.4, -0.2) is 62.5 Å². The number of benzene rings is 1. The minimum absolute atomic E-state index is 0.192. The summed E-state index contributed by atoms with van der Waals surface area (Å²) in [7, 11) is 0. The number of amides is 2. The summed E-state index contributed by atoms with van der Waals surface area (Å²) in [6.07, 6.45) is 1.61. The maximum absolute atomic E-state index is 13.3. The Morgan fingerprint density at radius 2 is 2.06 bits per heavy atom. The molecule has 1 fully saturated rings. The Morgan fingerprint density at radius 1 is 1.34 bits per heavy atom. The fraction of sp³-hybridized carbons (Fsp3) is 0.227. The van der Waals surface area contributed by atoms with Gasteiger partial charge in [-0.1, -0.05) is 23.7 Å². The quantitative estimate of drug-likeness (QED) is 0.276. The maximum Gasteiger partial charge on any atom is 0.352 e. The first-order chi connectivity index (χ1) is 16.7. The number of aromatic nitrogens is 1. The van der Waals surface area contributed by atoms with Crippen molar-refractivity contribution in [2.75, 3.05) is 18.1 Å². The minimum Gasteiger partial charge on any atom is -0.477 e. The number of esters is 1. The third-order valence-electron chi connectivity index (χ3n) is 5.21. The number of carbonyl (C=O) groups is 4. The number of anilines is 1. The van der Waals surface area contributed by atoms with Crippen LogP contribution in [0.1, 0.15) is 18.2 Å². The number of nitrogens with one attached hydrogen (secondary N) is 1. The topological polar surface area (TPSA) is 152 Å². The molecule has 4 rings (SSSR count). The monoisotopic (exact) mass is 534 g/mol. The second-order valence-corrected chi connectivity index (χ2v) is 10.0. The number of hydrogen-bond acceptors (Lipinski definition) is 9. The van der Waals surface area contributed by atoms with E-state index in [0.717, 1.165) is 4.90 Å². The van der Waals surface area contributed by atoms with Gasteiger partial charge < -0.3 is 20.9 Å². The van der Waals surface area contributed by atoms with E-state index in [2.05, 4.69) is 10.3 Å². The molecule has 1 aromatic carbocycles. The predicted molar refractivity (Wildman–Crippen MR) is 132 cm³/mol. The fourth-order valence-corrected chi connectivity index (χ4v) is 5.61. The lowest BCUT2D eigenvalue weighted by Crippen LogP contribution is -2.70. The van der Waals surface area contributed by atoms with Gasteiger partial charge in [-0.25, -0.2) is 9.78 Å². The molecule has 13 heteroatoms. The Morgan fingerprint density at radius 3 is 2.66 bits per heavy atom. The van der Waals surface area contributed by atoms with Gasteiger partial charge in [0.25, 0.3) is 11.8 Å². The zero-order valence-corrected chi connectivity index (χ0v) is 20.6. The largest absolute Gasteiger partial charge is 0.477 e. The zero-order chi connectivity index (χ0) is 25.3. The molecule has 2 amide bonds. The molecule has 1 saturated heterocycles. The molecule has 2 aliphatic rings. The molecule has 1 aromatic heterocycles. The molecular formula is C22H19ClN4O6S2. The van der Waals surface area contributed by atoms with Gasteiger partial charge in [-0.15, -0.1) is 23.1 Å². The summed E-state index contributed by atoms with van der Waals surface area (Å²) in [5.41, 5.74) is 7.06. The van der Waals surface area contributed by atoms with Crippen molar-refractivity contribution in [2.45, 2.75) is 18.3 Å². The molecule has 0 bridgehead atoms. The number of thiazole rings is 1. The molecular weight excluding hydrogens is 516 g/mol. The van der Waals surface area contributed by atoms with Crippen molar-refractivity contribution < 1.29 is 29.0 Å². The average molecular weight is 535 g/mol. The molecule has 35 heavy (non-hydrogen) atoms. The molecule has 2 atom stereocenters. The van der Waals surface area contributed by atoms with Crippen molar-refractivity contribution in [2.24, 2.45) is 0 Å². The van der Waals surface area contributed by atoms with Crippen molar-refractivity contribution in [1.29, 1.82) is 0 Å². The van der Waals surface area contributed by atoms with Gasteiger partial charge >= 0.3 is 11.9 Å². The second-order valence-electron chi connectivity index (χ2n) is 7.58. The third kappa shape index (κ3) is 5.19. The van der Waals surface area contributed by atoms with Crippen LogP contribution in [0.5, 0.6) is 0 Å². The van der Waals surface area contributed by atoms with Crippen molar-refractivity contribution in [3.8, 4) is 0 Å². The maximum atomic E-state index is 13.3. The normalized spacial score (nSPS) is 19.7. The molecule has 0 saturated carbocycles. The van der Waals surface area contributed by atoms with Gasteiger partial charge in [0.05, 0.1) is 11.3 Å². The van der Waals surface area contributed by atoms with Crippen molar-refractivity contribution in [3.05, 3.63) is 57.2 Å². The van der Waals surface area contributed by atoms with Crippen LogP contribution in [0.2, 0.25) is 5.02 Å². The van der Waals surface area contributed by atoms with Crippen molar-refractivity contribution in [1.82, 2.24) is 15.2 Å². The molecule has 10 nitrogen and oxygen atoms in total. The lowest BCUT2D eigenvalue weighted by Gasteiger charge is -2.49. The Labute approximate surface area is 212 Å². The number of carboxylic acids is 1. The first kappa shape index (κ1) is 24.8. The van der Waals surface area contributed by atoms with E-state index in [4.69, 9.17) is 22.1 Å². The number of rotatable bonds is 7. The third-order valence-corrected chi connectivity index (χ3v) is 7.48. The molecule has 3 heterocycles. The predicted octanol–water partition coefficient (Wildman–Crippen LogP) is 2.22. The summed E-state index contributed by atoms with van der Waals surface area (Å²) in [6.45, 7) is 0.988. The highest BCUT2D eigenvalue weighted by atomic mass is 35.5. The number of ether oxygens (including phenoxy) is 1. The second kappa shape index (κ2) is 10.1. The summed E-state index contributed by atoms with van der Waals surface area (Å²) < 4.78 is 4.93. The fourth-order valence-electron chi connectivity index (χ4n) is 3.59. The molecule has 4 N–H and O–H groups in total. The number of nitrogens with two attached hydrogens (primary N) is 1. The highest BCUT2D eigenvalue weighted by Crippen LogP contribution is 2.40. The first-order valence-electron chi connectivity index (χ1n) is 10.2. The SMILES string of the molecule is CC(=O)OCC1=C(C(=O)O)N2C(=O)C(NC(=O)/C(=C/c3ccc(Cl)cc3)c3csc(N)n3)[C@H]2SC1. The molecule has 1 unspecified atom stereocenters. The number of halogens is 1. The lowest BCUT2D eigenvalue weighted by molar-refractivity contribution is -0.150. The molecule has 0 spiro atoms. The molecule has 2 aliphatic heterocycles. The van der Waals surface area contributed by atoms with Crippen LogP contribution in [0.3, 0.4) is 0 Å². The summed E-state index contributed by atoms with van der Waals surface area (Å²) in [5.74, 6) is -2.77. The van der Waals surface area contributed by atoms with E-state index < -0.39 is 35.2 Å². The number of thioether (sulfide) groups is 1. The van der Waals surface area contributed by atoms with Crippen LogP contribution in [0, 0.1) is 0 Å². The summed E-state index contributed by atoms with van der Waals surface area (Å²) in [6, 6.07) is 5.87. The van der Waals surface area contributed by atoms with E-state index in [9.17, 15) is 24.3 Å². The summed E-state index contributed by atoms with van der Waals surface area (Å²) in [5, 5.41) is 14.2. The highest BCUT2D eigenvalue weighted by molar-refractivity contribution is 8.00. The van der Waals surface area contributed by atoms with Crippen LogP contribution < -0.4 is 11.1 Å². The number of nitrogen functional groups attached to an aromatic ring is 1. The number of hydrogen-bond donors (Lipinski definition) is 3. The zero-order valence-electron chi connectivity index (χ0n) is 18.2. The van der Waals surface area contributed by atoms with Crippen LogP contribution in [-0.2, 0) is 23.9 Å². The van der Waals surface area contributed by atoms with E-state index in [1.165, 1.54) is 30.0 Å². The van der Waals surface area contributed by atoms with Crippen LogP contribution >= 0.6 is 34.7 Å². The Hall–Kier alpha value is -3.35. The molecule has 0 aliphatic carbocycles. The van der Waals surface area contributed by atoms with Crippen LogP contribution in [0.4, 0.5) is 5.13 Å². The first-order valence-corrected chi connectivity index (χ1v) is 12.5. The van der Waals surface area contributed by atoms with Gasteiger partial charge in [0, 0.05) is 28.7 Å². The molecule has 2 aromatic rings. The number of nitrogens with zero attached hydrogens (tertiary/aromatic N) is 2. The Bertz CT molecular complexity index is 1270. The highest BCUT2D eigenvalue weighted by Gasteiger charge is 2.54. The lowest BCUT2D eigenvalue weighted by atomic mass is 10.0. The van der Waals surface area contributed by atoms with Gasteiger partial charge in [-0.3, -0.25) is 19.3 Å². The van der Waals surface area contributed by atoms with Crippen LogP contribution in [0.15, 0.2) is 40.9 Å². The smallest absolute Gasteiger partial charge is 0.352 e. The standard InChI is InChI=1S/C22H19ClN4O6S2/c1-10(28)33-7-12-8-34-20-16(19(30)27(20)17(12)21(31)32)26-18(29)14(15-9-35-22(24)25-15)6-11-2-4-13(23)5-3-11/h2-6,9,16,20H,7-8H2,1H3,(H2,24,25)(H,26,29)(H,31,32)/b14-6+/t16?,20-/m1/s1. The van der Waals surface area contributed by atoms with Crippen LogP contribution in [0.25, 0.3) is 11.6 Å². The van der Waals surface area contributed by atoms with E-state index in [-0.39, 0.29) is 28.8 Å². The minimum atomic E-state index is -1.31. The number of aliphatic carboxylic acids is 1. The van der Waals surface area contributed by atoms with Gasteiger partial charge in [0.2, 0.25) is 0 Å². The van der Waals surface area contributed by atoms with E-state index in [1.54, 1.807) is 35.7 Å². The van der Waals surface area contributed by atoms with Crippen molar-refractivity contribution >= 4 is 75.2 Å².